The molecular weight excluding hydrogens is 364 g/mol. The van der Waals surface area contributed by atoms with Crippen molar-refractivity contribution in [2.45, 2.75) is 13.5 Å². The largest absolute Gasteiger partial charge is 0.404 e. The molecule has 0 unspecified atom stereocenters. The van der Waals surface area contributed by atoms with Gasteiger partial charge in [0.15, 0.2) is 0 Å². The van der Waals surface area contributed by atoms with E-state index in [2.05, 4.69) is 26.3 Å². The highest BCUT2D eigenvalue weighted by atomic mass is 79.9. The zero-order chi connectivity index (χ0) is 15.6. The standard InChI is InChI=1S/C12H10BrClN4O3/c1-7-11(13)12(18(20)21)16-17(7)6-10(19)15-9-4-2-3-8(14)5-9/h2-5H,6H2,1H3,(H,15,19). The fourth-order valence-corrected chi connectivity index (χ4v) is 2.30. The average Bonchev–Trinajstić information content (AvgIpc) is 2.67. The number of rotatable bonds is 4. The molecule has 0 bridgehead atoms. The van der Waals surface area contributed by atoms with E-state index in [1.807, 2.05) is 0 Å². The smallest absolute Gasteiger partial charge is 0.358 e. The number of hydrogen-bond donors (Lipinski definition) is 1. The molecule has 0 spiro atoms. The Morgan fingerprint density at radius 2 is 2.29 bits per heavy atom. The summed E-state index contributed by atoms with van der Waals surface area (Å²) >= 11 is 8.92. The lowest BCUT2D eigenvalue weighted by atomic mass is 10.3. The number of halogens is 2. The normalized spacial score (nSPS) is 10.4. The molecule has 7 nitrogen and oxygen atoms in total. The highest BCUT2D eigenvalue weighted by molar-refractivity contribution is 9.10. The van der Waals surface area contributed by atoms with E-state index >= 15 is 0 Å². The number of nitro groups is 1. The van der Waals surface area contributed by atoms with E-state index in [4.69, 9.17) is 11.6 Å². The molecule has 2 rings (SSSR count). The number of aromatic nitrogens is 2. The Labute approximate surface area is 133 Å². The first-order valence-electron chi connectivity index (χ1n) is 5.81. The van der Waals surface area contributed by atoms with Crippen LogP contribution in [0.4, 0.5) is 11.5 Å². The summed E-state index contributed by atoms with van der Waals surface area (Å²) in [6.45, 7) is 1.50. The maximum atomic E-state index is 11.9. The van der Waals surface area contributed by atoms with Gasteiger partial charge in [-0.15, -0.1) is 0 Å². The Morgan fingerprint density at radius 3 is 2.86 bits per heavy atom. The first kappa shape index (κ1) is 15.5. The van der Waals surface area contributed by atoms with Gasteiger partial charge in [0.2, 0.25) is 5.91 Å². The van der Waals surface area contributed by atoms with Crippen LogP contribution < -0.4 is 5.32 Å². The third kappa shape index (κ3) is 3.59. The van der Waals surface area contributed by atoms with Crippen molar-refractivity contribution >= 4 is 44.9 Å². The molecule has 0 saturated carbocycles. The van der Waals surface area contributed by atoms with Crippen molar-refractivity contribution in [3.8, 4) is 0 Å². The van der Waals surface area contributed by atoms with Crippen LogP contribution >= 0.6 is 27.5 Å². The van der Waals surface area contributed by atoms with Crippen LogP contribution in [-0.4, -0.2) is 20.6 Å². The summed E-state index contributed by atoms with van der Waals surface area (Å²) in [6.07, 6.45) is 0. The van der Waals surface area contributed by atoms with E-state index < -0.39 is 4.92 Å². The molecule has 0 radical (unpaired) electrons. The fraction of sp³-hybridized carbons (Fsp3) is 0.167. The van der Waals surface area contributed by atoms with Gasteiger partial charge < -0.3 is 15.4 Å². The predicted octanol–water partition coefficient (Wildman–Crippen LogP) is 3.15. The molecule has 1 heterocycles. The number of carbonyl (C=O) groups is 1. The van der Waals surface area contributed by atoms with Crippen LogP contribution in [0, 0.1) is 17.0 Å². The number of nitrogens with zero attached hydrogens (tertiary/aromatic N) is 3. The van der Waals surface area contributed by atoms with Crippen LogP contribution in [0.3, 0.4) is 0 Å². The zero-order valence-corrected chi connectivity index (χ0v) is 13.2. The highest BCUT2D eigenvalue weighted by Gasteiger charge is 2.24. The van der Waals surface area contributed by atoms with Gasteiger partial charge in [-0.05, 0) is 46.0 Å². The number of anilines is 1. The first-order valence-corrected chi connectivity index (χ1v) is 6.98. The van der Waals surface area contributed by atoms with Gasteiger partial charge in [-0.1, -0.05) is 17.7 Å². The summed E-state index contributed by atoms with van der Waals surface area (Å²) in [7, 11) is 0. The van der Waals surface area contributed by atoms with Crippen LogP contribution in [0.5, 0.6) is 0 Å². The molecule has 110 valence electrons. The van der Waals surface area contributed by atoms with E-state index in [0.717, 1.165) is 0 Å². The molecule has 0 aliphatic carbocycles. The van der Waals surface area contributed by atoms with Gasteiger partial charge in [0.05, 0.1) is 10.8 Å². The number of carbonyl (C=O) groups excluding carboxylic acids is 1. The van der Waals surface area contributed by atoms with E-state index in [0.29, 0.717) is 16.4 Å². The molecule has 0 saturated heterocycles. The van der Waals surface area contributed by atoms with Crippen molar-refractivity contribution in [3.05, 3.63) is 49.6 Å². The van der Waals surface area contributed by atoms with Crippen LogP contribution in [0.25, 0.3) is 0 Å². The maximum absolute atomic E-state index is 11.9. The van der Waals surface area contributed by atoms with Crippen LogP contribution in [0.15, 0.2) is 28.7 Å². The minimum absolute atomic E-state index is 0.134. The lowest BCUT2D eigenvalue weighted by molar-refractivity contribution is -0.390. The summed E-state index contributed by atoms with van der Waals surface area (Å²) in [5, 5.41) is 17.7. The summed E-state index contributed by atoms with van der Waals surface area (Å²) in [5.41, 5.74) is 1.05. The molecule has 2 aromatic rings. The Kier molecular flexibility index (Phi) is 4.59. The second kappa shape index (κ2) is 6.23. The van der Waals surface area contributed by atoms with Crippen molar-refractivity contribution in [3.63, 3.8) is 0 Å². The molecule has 0 aliphatic heterocycles. The molecule has 1 N–H and O–H groups in total. The number of hydrogen-bond acceptors (Lipinski definition) is 4. The Bertz CT molecular complexity index is 717. The van der Waals surface area contributed by atoms with Gasteiger partial charge in [-0.3, -0.25) is 4.79 Å². The molecule has 1 aromatic carbocycles. The van der Waals surface area contributed by atoms with E-state index in [1.54, 1.807) is 31.2 Å². The van der Waals surface area contributed by atoms with Crippen molar-refractivity contribution in [2.24, 2.45) is 0 Å². The van der Waals surface area contributed by atoms with Gasteiger partial charge in [0.25, 0.3) is 0 Å². The Morgan fingerprint density at radius 1 is 1.57 bits per heavy atom. The first-order chi connectivity index (χ1) is 9.88. The van der Waals surface area contributed by atoms with E-state index in [-0.39, 0.29) is 22.7 Å². The SMILES string of the molecule is Cc1c(Br)c([N+](=O)[O-])nn1CC(=O)Nc1cccc(Cl)c1. The highest BCUT2D eigenvalue weighted by Crippen LogP contribution is 2.26. The molecule has 21 heavy (non-hydrogen) atoms. The summed E-state index contributed by atoms with van der Waals surface area (Å²) in [4.78, 5) is 22.1. The predicted molar refractivity (Wildman–Crippen MR) is 81.4 cm³/mol. The second-order valence-corrected chi connectivity index (χ2v) is 5.43. The maximum Gasteiger partial charge on any atom is 0.404 e. The fourth-order valence-electron chi connectivity index (χ4n) is 1.68. The second-order valence-electron chi connectivity index (χ2n) is 4.20. The van der Waals surface area contributed by atoms with Gasteiger partial charge in [0, 0.05) is 10.7 Å². The molecule has 1 aromatic heterocycles. The van der Waals surface area contributed by atoms with E-state index in [1.165, 1.54) is 4.68 Å². The lowest BCUT2D eigenvalue weighted by Crippen LogP contribution is -2.20. The van der Waals surface area contributed by atoms with Crippen LogP contribution in [-0.2, 0) is 11.3 Å². The van der Waals surface area contributed by atoms with Crippen molar-refractivity contribution < 1.29 is 9.72 Å². The third-order valence-electron chi connectivity index (χ3n) is 2.69. The number of benzene rings is 1. The van der Waals surface area contributed by atoms with E-state index in [9.17, 15) is 14.9 Å². The molecule has 0 atom stereocenters. The number of nitrogens with one attached hydrogen (secondary N) is 1. The van der Waals surface area contributed by atoms with Gasteiger partial charge in [-0.2, -0.15) is 4.68 Å². The molecule has 0 fully saturated rings. The monoisotopic (exact) mass is 372 g/mol. The third-order valence-corrected chi connectivity index (χ3v) is 3.85. The van der Waals surface area contributed by atoms with Gasteiger partial charge >= 0.3 is 5.82 Å². The number of amides is 1. The molecular formula is C12H10BrClN4O3. The minimum Gasteiger partial charge on any atom is -0.358 e. The zero-order valence-electron chi connectivity index (χ0n) is 10.8. The minimum atomic E-state index is -0.609. The van der Waals surface area contributed by atoms with Crippen molar-refractivity contribution in [2.75, 3.05) is 5.32 Å². The van der Waals surface area contributed by atoms with Gasteiger partial charge in [0.1, 0.15) is 11.0 Å². The topological polar surface area (TPSA) is 90.1 Å². The van der Waals surface area contributed by atoms with Gasteiger partial charge in [-0.25, -0.2) is 0 Å². The van der Waals surface area contributed by atoms with Crippen molar-refractivity contribution in [1.29, 1.82) is 0 Å². The van der Waals surface area contributed by atoms with Crippen LogP contribution in [0.2, 0.25) is 5.02 Å². The Balaban J connectivity index is 2.13. The molecule has 1 amide bonds. The Hall–Kier alpha value is -1.93. The quantitative estimate of drug-likeness (QED) is 0.658. The van der Waals surface area contributed by atoms with Crippen LogP contribution in [0.1, 0.15) is 5.69 Å². The van der Waals surface area contributed by atoms with Crippen molar-refractivity contribution in [1.82, 2.24) is 9.78 Å². The summed E-state index contributed by atoms with van der Waals surface area (Å²) in [6, 6.07) is 6.69. The summed E-state index contributed by atoms with van der Waals surface area (Å²) in [5.74, 6) is -0.673. The molecule has 9 heteroatoms. The lowest BCUT2D eigenvalue weighted by Gasteiger charge is -2.04. The summed E-state index contributed by atoms with van der Waals surface area (Å²) < 4.78 is 1.53. The molecule has 0 aliphatic rings. The average molecular weight is 374 g/mol.